The Kier molecular flexibility index (Phi) is 8.55. The Morgan fingerprint density at radius 2 is 1.89 bits per heavy atom. The van der Waals surface area contributed by atoms with E-state index in [0.29, 0.717) is 11.6 Å². The zero-order valence-corrected chi connectivity index (χ0v) is 19.0. The average Bonchev–Trinajstić information content (AvgIpc) is 3.34. The fourth-order valence-corrected chi connectivity index (χ4v) is 3.23. The van der Waals surface area contributed by atoms with Gasteiger partial charge in [-0.15, -0.1) is 0 Å². The van der Waals surface area contributed by atoms with E-state index in [0.717, 1.165) is 17.1 Å². The Hall–Kier alpha value is -3.91. The second-order valence-corrected chi connectivity index (χ2v) is 8.01. The first-order valence-corrected chi connectivity index (χ1v) is 10.6. The summed E-state index contributed by atoms with van der Waals surface area (Å²) in [5, 5.41) is 24.2. The number of amidine groups is 1. The second-order valence-electron chi connectivity index (χ2n) is 8.01. The first-order chi connectivity index (χ1) is 17.4. The Labute approximate surface area is 207 Å². The average molecular weight is 528 g/mol. The third kappa shape index (κ3) is 7.30. The van der Waals surface area contributed by atoms with E-state index in [1.165, 1.54) is 53.8 Å². The number of rotatable bonds is 11. The van der Waals surface area contributed by atoms with Gasteiger partial charge in [-0.2, -0.15) is 13.9 Å². The number of benzene rings is 2. The zero-order chi connectivity index (χ0) is 27.2. The number of hydrazine groups is 1. The molecule has 0 bridgehead atoms. The molecule has 0 aliphatic heterocycles. The van der Waals surface area contributed by atoms with Crippen molar-refractivity contribution in [2.75, 3.05) is 13.2 Å². The van der Waals surface area contributed by atoms with Crippen LogP contribution in [-0.2, 0) is 12.1 Å². The summed E-state index contributed by atoms with van der Waals surface area (Å²) in [4.78, 5) is 3.76. The molecule has 8 nitrogen and oxygen atoms in total. The summed E-state index contributed by atoms with van der Waals surface area (Å²) in [6.45, 7) is -2.30. The molecule has 0 spiro atoms. The maximum absolute atomic E-state index is 14.5. The highest BCUT2D eigenvalue weighted by molar-refractivity contribution is 5.93. The van der Waals surface area contributed by atoms with Crippen LogP contribution >= 0.6 is 0 Å². The highest BCUT2D eigenvalue weighted by Crippen LogP contribution is 2.28. The molecule has 14 heteroatoms. The van der Waals surface area contributed by atoms with Crippen LogP contribution in [0, 0.1) is 17.0 Å². The minimum absolute atomic E-state index is 0.0625. The van der Waals surface area contributed by atoms with Crippen molar-refractivity contribution < 1.29 is 36.2 Å². The molecule has 1 atom stereocenters. The van der Waals surface area contributed by atoms with Crippen LogP contribution in [0.2, 0.25) is 0 Å². The van der Waals surface area contributed by atoms with Gasteiger partial charge in [0.15, 0.2) is 6.61 Å². The van der Waals surface area contributed by atoms with E-state index in [1.54, 1.807) is 0 Å². The summed E-state index contributed by atoms with van der Waals surface area (Å²) < 4.78 is 84.3. The topological polar surface area (TPSA) is 113 Å². The van der Waals surface area contributed by atoms with E-state index < -0.39 is 42.7 Å². The lowest BCUT2D eigenvalue weighted by atomic mass is 9.92. The molecule has 0 fully saturated rings. The molecular formula is C23H22F6N6O2. The first kappa shape index (κ1) is 27.7. The molecule has 3 rings (SSSR count). The third-order valence-electron chi connectivity index (χ3n) is 5.13. The van der Waals surface area contributed by atoms with Crippen molar-refractivity contribution in [2.45, 2.75) is 24.5 Å². The predicted molar refractivity (Wildman–Crippen MR) is 121 cm³/mol. The smallest absolute Gasteiger partial charge is 0.340 e. The number of nitrogens with zero attached hydrogens (tertiary/aromatic N) is 4. The molecule has 0 aliphatic rings. The van der Waals surface area contributed by atoms with Gasteiger partial charge in [0.2, 0.25) is 0 Å². The molecule has 37 heavy (non-hydrogen) atoms. The molecule has 0 aliphatic carbocycles. The Bertz CT molecular complexity index is 1220. The summed E-state index contributed by atoms with van der Waals surface area (Å²) >= 11 is 0. The van der Waals surface area contributed by atoms with Crippen LogP contribution in [0.3, 0.4) is 0 Å². The van der Waals surface area contributed by atoms with Crippen molar-refractivity contribution in [1.82, 2.24) is 19.8 Å². The number of hydrogen-bond donors (Lipinski definition) is 3. The first-order valence-electron chi connectivity index (χ1n) is 10.6. The van der Waals surface area contributed by atoms with Crippen LogP contribution in [0.5, 0.6) is 5.75 Å². The fraction of sp³-hybridized carbons (Fsp3) is 0.261. The molecule has 2 aromatic carbocycles. The number of alkyl halides is 4. The molecule has 4 N–H and O–H groups in total. The highest BCUT2D eigenvalue weighted by Gasteiger charge is 2.41. The van der Waals surface area contributed by atoms with E-state index in [9.17, 15) is 31.4 Å². The Morgan fingerprint density at radius 3 is 2.49 bits per heavy atom. The van der Waals surface area contributed by atoms with Crippen molar-refractivity contribution >= 4 is 11.9 Å². The number of hydrogen-bond acceptors (Lipinski definition) is 6. The third-order valence-corrected chi connectivity index (χ3v) is 5.13. The van der Waals surface area contributed by atoms with Crippen molar-refractivity contribution in [3.05, 3.63) is 84.0 Å². The Morgan fingerprint density at radius 1 is 1.19 bits per heavy atom. The molecule has 1 unspecified atom stereocenters. The van der Waals surface area contributed by atoms with Crippen LogP contribution in [0.15, 0.2) is 61.2 Å². The number of halogens is 6. The highest BCUT2D eigenvalue weighted by atomic mass is 19.3. The molecule has 3 aromatic rings. The maximum Gasteiger partial charge on any atom is 0.340 e. The monoisotopic (exact) mass is 528 g/mol. The number of aliphatic hydroxyl groups is 1. The summed E-state index contributed by atoms with van der Waals surface area (Å²) in [6, 6.07) is 8.05. The van der Waals surface area contributed by atoms with Crippen molar-refractivity contribution in [3.63, 3.8) is 0 Å². The second kappa shape index (κ2) is 11.4. The van der Waals surface area contributed by atoms with Gasteiger partial charge in [-0.25, -0.2) is 33.1 Å². The van der Waals surface area contributed by atoms with Crippen LogP contribution in [-0.4, -0.2) is 56.2 Å². The lowest BCUT2D eigenvalue weighted by Crippen LogP contribution is -2.49. The van der Waals surface area contributed by atoms with Crippen LogP contribution in [0.25, 0.3) is 6.08 Å². The summed E-state index contributed by atoms with van der Waals surface area (Å²) in [5.41, 5.74) is -1.84. The van der Waals surface area contributed by atoms with Gasteiger partial charge in [-0.1, -0.05) is 24.3 Å². The van der Waals surface area contributed by atoms with E-state index in [2.05, 4.69) is 14.8 Å². The number of aromatic nitrogens is 3. The van der Waals surface area contributed by atoms with Gasteiger partial charge in [0, 0.05) is 11.6 Å². The van der Waals surface area contributed by atoms with Gasteiger partial charge < -0.3 is 9.84 Å². The maximum atomic E-state index is 14.5. The van der Waals surface area contributed by atoms with Crippen LogP contribution in [0.4, 0.5) is 26.3 Å². The quantitative estimate of drug-likeness (QED) is 0.115. The predicted octanol–water partition coefficient (Wildman–Crippen LogP) is 3.59. The zero-order valence-electron chi connectivity index (χ0n) is 19.0. The lowest BCUT2D eigenvalue weighted by molar-refractivity contribution is -0.148. The van der Waals surface area contributed by atoms with E-state index in [-0.39, 0.29) is 23.7 Å². The molecule has 0 amide bonds. The molecule has 0 saturated carbocycles. The van der Waals surface area contributed by atoms with Gasteiger partial charge >= 0.3 is 12.3 Å². The van der Waals surface area contributed by atoms with E-state index in [4.69, 9.17) is 11.3 Å². The van der Waals surface area contributed by atoms with E-state index in [1.807, 2.05) is 0 Å². The summed E-state index contributed by atoms with van der Waals surface area (Å²) in [6.07, 6.45) is 1.30. The largest absolute Gasteiger partial charge is 0.487 e. The van der Waals surface area contributed by atoms with Gasteiger partial charge in [0.05, 0.1) is 13.1 Å². The van der Waals surface area contributed by atoms with Gasteiger partial charge in [-0.3, -0.25) is 10.4 Å². The van der Waals surface area contributed by atoms with Gasteiger partial charge in [-0.05, 0) is 29.8 Å². The molecule has 1 aromatic heterocycles. The summed E-state index contributed by atoms with van der Waals surface area (Å²) in [7, 11) is 0. The number of nitrogens with one attached hydrogen (secondary N) is 1. The molecule has 0 radical (unpaired) electrons. The Balaban J connectivity index is 1.69. The van der Waals surface area contributed by atoms with Gasteiger partial charge in [0.1, 0.15) is 41.5 Å². The van der Waals surface area contributed by atoms with Gasteiger partial charge in [0.25, 0.3) is 0 Å². The normalized spacial score (nSPS) is 13.6. The van der Waals surface area contributed by atoms with Crippen molar-refractivity contribution in [1.29, 1.82) is 5.41 Å². The fourth-order valence-electron chi connectivity index (χ4n) is 3.23. The number of ether oxygens (including phenoxy) is 1. The lowest BCUT2D eigenvalue weighted by Gasteiger charge is -2.33. The minimum Gasteiger partial charge on any atom is -0.487 e. The molecule has 1 heterocycles. The molecule has 198 valence electrons. The molecular weight excluding hydrogens is 506 g/mol. The van der Waals surface area contributed by atoms with Crippen LogP contribution in [0.1, 0.15) is 11.1 Å². The van der Waals surface area contributed by atoms with Crippen LogP contribution < -0.4 is 10.6 Å². The van der Waals surface area contributed by atoms with Crippen molar-refractivity contribution in [2.24, 2.45) is 5.84 Å². The SMILES string of the molecule is N=C(C=Cc1ccc(OCC(F)(F)C(F)F)cc1)N(N)CC(O)(Cn1cncn1)c1ccc(F)cc1F. The molecule has 0 saturated heterocycles. The standard InChI is InChI=1S/C23H22F6N6O2/c24-16-4-7-18(19(25)9-16)22(36,10-34-14-32-13-33-34)11-35(31)20(30)8-3-15-1-5-17(6-2-15)37-12-23(28,29)21(26)27/h1-9,13-14,21,30,36H,10-12,31H2. The number of nitrogens with two attached hydrogens (primary N) is 1. The summed E-state index contributed by atoms with van der Waals surface area (Å²) in [5.74, 6) is -0.577. The van der Waals surface area contributed by atoms with E-state index >= 15 is 0 Å². The van der Waals surface area contributed by atoms with Crippen molar-refractivity contribution in [3.8, 4) is 5.75 Å². The minimum atomic E-state index is -4.29.